The fourth-order valence-electron chi connectivity index (χ4n) is 0. The van der Waals surface area contributed by atoms with E-state index in [2.05, 4.69) is 0 Å². The van der Waals surface area contributed by atoms with Gasteiger partial charge in [-0.15, -0.1) is 0 Å². The third-order valence-corrected chi connectivity index (χ3v) is 0. The van der Waals surface area contributed by atoms with Crippen LogP contribution < -0.4 is 0 Å². The van der Waals surface area contributed by atoms with Gasteiger partial charge in [-0.1, -0.05) is 0 Å². The SMILES string of the molecule is O.O.O.O.O=C(O)O.[Ti]. The van der Waals surface area contributed by atoms with Crippen LogP contribution in [0.5, 0.6) is 0 Å². The van der Waals surface area contributed by atoms with Crippen molar-refractivity contribution in [2.24, 2.45) is 0 Å². The molecule has 0 spiro atoms. The summed E-state index contributed by atoms with van der Waals surface area (Å²) in [6.07, 6.45) is -1.83. The average molecular weight is 182 g/mol. The molecule has 8 heteroatoms. The van der Waals surface area contributed by atoms with Gasteiger partial charge in [0, 0.05) is 21.7 Å². The number of hydrogen-bond acceptors (Lipinski definition) is 1. The fraction of sp³-hybridized carbons (Fsp3) is 0. The third-order valence-electron chi connectivity index (χ3n) is 0. The van der Waals surface area contributed by atoms with E-state index < -0.39 is 6.16 Å². The molecule has 0 unspecified atom stereocenters. The van der Waals surface area contributed by atoms with Crippen LogP contribution in [0.15, 0.2) is 0 Å². The smallest absolute Gasteiger partial charge is 0.450 e. The van der Waals surface area contributed by atoms with Gasteiger partial charge in [0.25, 0.3) is 0 Å². The van der Waals surface area contributed by atoms with E-state index in [-0.39, 0.29) is 43.6 Å². The molecule has 0 aliphatic heterocycles. The van der Waals surface area contributed by atoms with Crippen LogP contribution in [0.4, 0.5) is 4.79 Å². The molecule has 0 rings (SSSR count). The number of hydrogen-bond donors (Lipinski definition) is 2. The first-order chi connectivity index (χ1) is 1.73. The van der Waals surface area contributed by atoms with Crippen molar-refractivity contribution in [3.8, 4) is 0 Å². The molecule has 60 valence electrons. The zero-order chi connectivity index (χ0) is 3.58. The van der Waals surface area contributed by atoms with Crippen molar-refractivity contribution in [1.82, 2.24) is 0 Å². The minimum absolute atomic E-state index is 0. The summed E-state index contributed by atoms with van der Waals surface area (Å²) >= 11 is 0. The Morgan fingerprint density at radius 2 is 0.889 bits per heavy atom. The normalized spacial score (nSPS) is 2.67. The van der Waals surface area contributed by atoms with Crippen LogP contribution >= 0.6 is 0 Å². The predicted molar refractivity (Wildman–Crippen MR) is 25.1 cm³/mol. The van der Waals surface area contributed by atoms with Crippen molar-refractivity contribution >= 4 is 6.16 Å². The molecular formula is CH10O7Ti. The van der Waals surface area contributed by atoms with Crippen LogP contribution in [-0.4, -0.2) is 38.3 Å². The molecule has 0 atom stereocenters. The molecule has 0 amide bonds. The number of rotatable bonds is 0. The van der Waals surface area contributed by atoms with Crippen LogP contribution in [0.3, 0.4) is 0 Å². The maximum atomic E-state index is 8.56. The summed E-state index contributed by atoms with van der Waals surface area (Å²) in [7, 11) is 0. The van der Waals surface area contributed by atoms with Crippen molar-refractivity contribution < 1.29 is 58.6 Å². The summed E-state index contributed by atoms with van der Waals surface area (Å²) in [5, 5.41) is 13.9. The Balaban J connectivity index is -0.00000000450. The summed E-state index contributed by atoms with van der Waals surface area (Å²) in [5.41, 5.74) is 0. The van der Waals surface area contributed by atoms with E-state index in [9.17, 15) is 0 Å². The molecular weight excluding hydrogens is 172 g/mol. The Bertz CT molecular complexity index is 31.9. The molecule has 0 aromatic carbocycles. The minimum atomic E-state index is -1.83. The molecule has 0 saturated carbocycles. The Morgan fingerprint density at radius 3 is 0.889 bits per heavy atom. The van der Waals surface area contributed by atoms with Gasteiger partial charge < -0.3 is 32.1 Å². The van der Waals surface area contributed by atoms with Gasteiger partial charge in [0.15, 0.2) is 0 Å². The van der Waals surface area contributed by atoms with Crippen LogP contribution in [0.1, 0.15) is 0 Å². The van der Waals surface area contributed by atoms with Crippen molar-refractivity contribution in [2.75, 3.05) is 0 Å². The van der Waals surface area contributed by atoms with E-state index >= 15 is 0 Å². The first kappa shape index (κ1) is 67.7. The second-order valence-electron chi connectivity index (χ2n) is 0.283. The van der Waals surface area contributed by atoms with Crippen molar-refractivity contribution in [1.29, 1.82) is 0 Å². The molecule has 0 radical (unpaired) electrons. The maximum absolute atomic E-state index is 8.56. The Hall–Kier alpha value is -0.176. The third kappa shape index (κ3) is 8600. The average Bonchev–Trinajstić information content (AvgIpc) is 0.811. The summed E-state index contributed by atoms with van der Waals surface area (Å²) < 4.78 is 0. The zero-order valence-corrected chi connectivity index (χ0v) is 5.86. The molecule has 0 bridgehead atoms. The summed E-state index contributed by atoms with van der Waals surface area (Å²) in [6.45, 7) is 0. The molecule has 0 aromatic rings. The van der Waals surface area contributed by atoms with Crippen LogP contribution in [0.2, 0.25) is 0 Å². The van der Waals surface area contributed by atoms with Crippen molar-refractivity contribution in [3.05, 3.63) is 0 Å². The maximum Gasteiger partial charge on any atom is 0.503 e. The Morgan fingerprint density at radius 1 is 0.889 bits per heavy atom. The molecule has 0 heterocycles. The van der Waals surface area contributed by atoms with E-state index in [0.29, 0.717) is 0 Å². The second-order valence-corrected chi connectivity index (χ2v) is 0.283. The van der Waals surface area contributed by atoms with Gasteiger partial charge in [-0.25, -0.2) is 4.79 Å². The van der Waals surface area contributed by atoms with Gasteiger partial charge in [-0.2, -0.15) is 0 Å². The van der Waals surface area contributed by atoms with E-state index in [1.54, 1.807) is 0 Å². The summed E-state index contributed by atoms with van der Waals surface area (Å²) in [6, 6.07) is 0. The van der Waals surface area contributed by atoms with E-state index in [4.69, 9.17) is 15.0 Å². The molecule has 0 aliphatic rings. The van der Waals surface area contributed by atoms with Gasteiger partial charge in [0.2, 0.25) is 0 Å². The summed E-state index contributed by atoms with van der Waals surface area (Å²) in [5.74, 6) is 0. The van der Waals surface area contributed by atoms with Gasteiger partial charge in [0.05, 0.1) is 0 Å². The number of carbonyl (C=O) groups is 1. The summed E-state index contributed by atoms with van der Waals surface area (Å²) in [4.78, 5) is 8.56. The largest absolute Gasteiger partial charge is 0.503 e. The van der Waals surface area contributed by atoms with E-state index in [0.717, 1.165) is 0 Å². The van der Waals surface area contributed by atoms with Gasteiger partial charge in [-0.3, -0.25) is 0 Å². The first-order valence-electron chi connectivity index (χ1n) is 0.651. The van der Waals surface area contributed by atoms with E-state index in [1.165, 1.54) is 0 Å². The van der Waals surface area contributed by atoms with E-state index in [1.807, 2.05) is 0 Å². The van der Waals surface area contributed by atoms with Crippen molar-refractivity contribution in [2.45, 2.75) is 0 Å². The standard InChI is InChI=1S/CH2O3.4H2O.Ti/c2-1(3)4;;;;;/h(H2,2,3,4);4*1H2;. The van der Waals surface area contributed by atoms with Gasteiger partial charge >= 0.3 is 6.16 Å². The molecule has 10 N–H and O–H groups in total. The molecule has 0 aromatic heterocycles. The van der Waals surface area contributed by atoms with Gasteiger partial charge in [0.1, 0.15) is 0 Å². The number of carboxylic acid groups (broad SMARTS) is 2. The quantitative estimate of drug-likeness (QED) is 0.377. The fourth-order valence-corrected chi connectivity index (χ4v) is 0. The molecule has 0 aliphatic carbocycles. The zero-order valence-electron chi connectivity index (χ0n) is 4.30. The van der Waals surface area contributed by atoms with Gasteiger partial charge in [-0.05, 0) is 0 Å². The molecule has 9 heavy (non-hydrogen) atoms. The topological polar surface area (TPSA) is 184 Å². The van der Waals surface area contributed by atoms with Crippen LogP contribution in [0.25, 0.3) is 0 Å². The first-order valence-corrected chi connectivity index (χ1v) is 0.651. The molecule has 0 saturated heterocycles. The minimum Gasteiger partial charge on any atom is -0.450 e. The van der Waals surface area contributed by atoms with Crippen molar-refractivity contribution in [3.63, 3.8) is 0 Å². The second kappa shape index (κ2) is 45.7. The Labute approximate surface area is 65.4 Å². The molecule has 0 fully saturated rings. The molecule has 7 nitrogen and oxygen atoms in total. The predicted octanol–water partition coefficient (Wildman–Crippen LogP) is -3.08. The van der Waals surface area contributed by atoms with Crippen LogP contribution in [0, 0.1) is 0 Å². The Kier molecular flexibility index (Phi) is 344. The monoisotopic (exact) mass is 182 g/mol. The van der Waals surface area contributed by atoms with Crippen LogP contribution in [-0.2, 0) is 21.7 Å².